The number of hydrogen-bond acceptors (Lipinski definition) is 9. The van der Waals surface area contributed by atoms with Crippen molar-refractivity contribution >= 4 is 41.5 Å². The third-order valence-electron chi connectivity index (χ3n) is 5.77. The molecule has 1 aliphatic heterocycles. The molecule has 11 heteroatoms. The summed E-state index contributed by atoms with van der Waals surface area (Å²) in [5, 5.41) is 15.7. The van der Waals surface area contributed by atoms with Gasteiger partial charge < -0.3 is 4.74 Å². The normalized spacial score (nSPS) is 14.7. The summed E-state index contributed by atoms with van der Waals surface area (Å²) in [6, 6.07) is 5.53. The monoisotopic (exact) mass is 549 g/mol. The molecule has 0 saturated carbocycles. The molecule has 0 radical (unpaired) electrons. The van der Waals surface area contributed by atoms with Gasteiger partial charge in [-0.25, -0.2) is 0 Å². The van der Waals surface area contributed by atoms with Gasteiger partial charge in [-0.3, -0.25) is 0 Å². The number of aromatic nitrogens is 2. The van der Waals surface area contributed by atoms with Crippen LogP contribution in [0, 0.1) is 10.1 Å². The molecular formula is C24H31N5O5Se. The second kappa shape index (κ2) is 10.9. The van der Waals surface area contributed by atoms with Gasteiger partial charge in [0, 0.05) is 13.1 Å². The molecule has 3 heterocycles. The molecular weight excluding hydrogens is 517 g/mol. The van der Waals surface area contributed by atoms with Crippen molar-refractivity contribution in [3.8, 4) is 11.5 Å². The number of anilines is 2. The van der Waals surface area contributed by atoms with E-state index in [2.05, 4.69) is 41.0 Å². The number of fused-ring (bicyclic) bond motifs is 1. The van der Waals surface area contributed by atoms with Crippen molar-refractivity contribution in [2.24, 2.45) is 0 Å². The van der Waals surface area contributed by atoms with E-state index in [9.17, 15) is 10.1 Å². The van der Waals surface area contributed by atoms with Gasteiger partial charge in [-0.05, 0) is 0 Å². The van der Waals surface area contributed by atoms with Crippen LogP contribution >= 0.6 is 0 Å². The first kappa shape index (κ1) is 25.4. The zero-order chi connectivity index (χ0) is 25.0. The molecule has 0 atom stereocenters. The standard InChI is InChI=1S/C24H31N5O5Se/c1-24(2,3)21-14-18(23(35-21)29(30)31)27-22-16-12-20(19(32-4)13-17(16)25-15-26-22)34-9-5-6-28-7-10-33-11-8-28/h12-15H,5-11H2,1-4H3,(H,25,26,27). The van der Waals surface area contributed by atoms with E-state index in [0.717, 1.165) is 43.7 Å². The maximum atomic E-state index is 11.7. The molecule has 1 N–H and O–H groups in total. The smallest absolute Gasteiger partial charge is 0.379 e. The number of rotatable bonds is 9. The van der Waals surface area contributed by atoms with Crippen LogP contribution in [-0.2, 0) is 10.2 Å². The van der Waals surface area contributed by atoms with Crippen LogP contribution in [0.4, 0.5) is 16.1 Å². The molecule has 4 rings (SSSR count). The summed E-state index contributed by atoms with van der Waals surface area (Å²) in [6.07, 6.45) is 2.31. The molecule has 1 aliphatic rings. The van der Waals surface area contributed by atoms with Gasteiger partial charge in [0.05, 0.1) is 13.2 Å². The molecule has 3 aromatic rings. The first-order valence-corrected chi connectivity index (χ1v) is 13.3. The van der Waals surface area contributed by atoms with Crippen LogP contribution in [0.5, 0.6) is 11.5 Å². The molecule has 1 aromatic carbocycles. The average molecular weight is 549 g/mol. The van der Waals surface area contributed by atoms with Gasteiger partial charge in [-0.15, -0.1) is 0 Å². The van der Waals surface area contributed by atoms with E-state index in [4.69, 9.17) is 14.2 Å². The Balaban J connectivity index is 1.57. The van der Waals surface area contributed by atoms with Gasteiger partial charge in [0.2, 0.25) is 0 Å². The Morgan fingerprint density at radius 1 is 1.20 bits per heavy atom. The predicted molar refractivity (Wildman–Crippen MR) is 135 cm³/mol. The minimum atomic E-state index is -0.356. The van der Waals surface area contributed by atoms with Gasteiger partial charge in [0.1, 0.15) is 0 Å². The minimum absolute atomic E-state index is 0.145. The van der Waals surface area contributed by atoms with Crippen molar-refractivity contribution in [2.45, 2.75) is 32.6 Å². The Hall–Kier alpha value is -2.72. The van der Waals surface area contributed by atoms with Crippen LogP contribution in [-0.4, -0.2) is 80.9 Å². The molecule has 1 fully saturated rings. The summed E-state index contributed by atoms with van der Waals surface area (Å²) in [5.74, 6) is 1.66. The van der Waals surface area contributed by atoms with Crippen LogP contribution in [0.25, 0.3) is 10.9 Å². The average Bonchev–Trinajstić information content (AvgIpc) is 3.27. The number of benzene rings is 1. The molecule has 0 bridgehead atoms. The summed E-state index contributed by atoms with van der Waals surface area (Å²) in [5.41, 5.74) is 0.990. The van der Waals surface area contributed by atoms with E-state index in [1.54, 1.807) is 13.2 Å². The van der Waals surface area contributed by atoms with Crippen LogP contribution < -0.4 is 14.8 Å². The quantitative estimate of drug-likeness (QED) is 0.185. The Morgan fingerprint density at radius 2 is 1.97 bits per heavy atom. The van der Waals surface area contributed by atoms with Gasteiger partial charge in [0.25, 0.3) is 0 Å². The zero-order valence-electron chi connectivity index (χ0n) is 20.5. The molecule has 188 valence electrons. The van der Waals surface area contributed by atoms with Gasteiger partial charge in [0.15, 0.2) is 0 Å². The summed E-state index contributed by atoms with van der Waals surface area (Å²) in [6.45, 7) is 11.1. The Kier molecular flexibility index (Phi) is 7.91. The minimum Gasteiger partial charge on any atom is -0.379 e. The SMILES string of the molecule is COc1cc2ncnc(Nc3cc(C(C)(C)C)[se]c3[N+](=O)[O-])c2cc1OCCCN1CCOCC1. The fourth-order valence-electron chi connectivity index (χ4n) is 3.83. The van der Waals surface area contributed by atoms with Gasteiger partial charge in [-0.1, -0.05) is 0 Å². The van der Waals surface area contributed by atoms with Crippen molar-refractivity contribution in [3.63, 3.8) is 0 Å². The van der Waals surface area contributed by atoms with Gasteiger partial charge in [-0.2, -0.15) is 0 Å². The molecule has 0 aliphatic carbocycles. The molecule has 0 spiro atoms. The summed E-state index contributed by atoms with van der Waals surface area (Å²) < 4.78 is 18.3. The van der Waals surface area contributed by atoms with Crippen molar-refractivity contribution in [3.05, 3.63) is 39.1 Å². The first-order chi connectivity index (χ1) is 16.8. The third-order valence-corrected chi connectivity index (χ3v) is 8.94. The van der Waals surface area contributed by atoms with Crippen molar-refractivity contribution in [1.29, 1.82) is 0 Å². The Morgan fingerprint density at radius 3 is 2.66 bits per heavy atom. The van der Waals surface area contributed by atoms with Crippen LogP contribution in [0.2, 0.25) is 0 Å². The maximum absolute atomic E-state index is 11.7. The van der Waals surface area contributed by atoms with E-state index >= 15 is 0 Å². The number of nitro groups is 1. The molecule has 2 aromatic heterocycles. The molecule has 0 unspecified atom stereocenters. The summed E-state index contributed by atoms with van der Waals surface area (Å²) in [4.78, 5) is 22.6. The second-order valence-corrected chi connectivity index (χ2v) is 11.5. The van der Waals surface area contributed by atoms with Crippen molar-refractivity contribution in [1.82, 2.24) is 14.9 Å². The number of nitrogens with one attached hydrogen (secondary N) is 1. The van der Waals surface area contributed by atoms with E-state index in [1.807, 2.05) is 12.1 Å². The fourth-order valence-corrected chi connectivity index (χ4v) is 5.90. The number of ether oxygens (including phenoxy) is 3. The summed E-state index contributed by atoms with van der Waals surface area (Å²) >= 11 is -0.356. The van der Waals surface area contributed by atoms with E-state index in [1.165, 1.54) is 6.33 Å². The van der Waals surface area contributed by atoms with E-state index in [0.29, 0.717) is 40.5 Å². The molecule has 10 nitrogen and oxygen atoms in total. The number of nitrogens with zero attached hydrogens (tertiary/aromatic N) is 4. The van der Waals surface area contributed by atoms with Gasteiger partial charge >= 0.3 is 180 Å². The number of morpholine rings is 1. The second-order valence-electron chi connectivity index (χ2n) is 9.36. The topological polar surface area (TPSA) is 112 Å². The fraction of sp³-hybridized carbons (Fsp3) is 0.500. The molecule has 0 amide bonds. The number of hydrogen-bond donors (Lipinski definition) is 1. The van der Waals surface area contributed by atoms with Crippen LogP contribution in [0.15, 0.2) is 24.5 Å². The predicted octanol–water partition coefficient (Wildman–Crippen LogP) is 3.75. The van der Waals surface area contributed by atoms with Crippen molar-refractivity contribution < 1.29 is 19.1 Å². The number of methoxy groups -OCH3 is 1. The Labute approximate surface area is 210 Å². The molecule has 1 saturated heterocycles. The third kappa shape index (κ3) is 6.10. The van der Waals surface area contributed by atoms with Crippen LogP contribution in [0.1, 0.15) is 31.6 Å². The van der Waals surface area contributed by atoms with Crippen molar-refractivity contribution in [2.75, 3.05) is 51.9 Å². The van der Waals surface area contributed by atoms with E-state index < -0.39 is 0 Å². The first-order valence-electron chi connectivity index (χ1n) is 11.6. The summed E-state index contributed by atoms with van der Waals surface area (Å²) in [7, 11) is 1.59. The molecule has 35 heavy (non-hydrogen) atoms. The van der Waals surface area contributed by atoms with Crippen LogP contribution in [0.3, 0.4) is 0 Å². The zero-order valence-corrected chi connectivity index (χ0v) is 22.2. The van der Waals surface area contributed by atoms with E-state index in [-0.39, 0.29) is 29.4 Å². The Bertz CT molecular complexity index is 1190.